The van der Waals surface area contributed by atoms with E-state index in [0.717, 1.165) is 0 Å². The van der Waals surface area contributed by atoms with E-state index in [-0.39, 0.29) is 28.0 Å². The van der Waals surface area contributed by atoms with Gasteiger partial charge in [-0.05, 0) is 41.6 Å². The summed E-state index contributed by atoms with van der Waals surface area (Å²) in [6, 6.07) is 11.2. The first-order valence-corrected chi connectivity index (χ1v) is 9.32. The van der Waals surface area contributed by atoms with Crippen molar-refractivity contribution < 1.29 is 26.4 Å². The Morgan fingerprint density at radius 2 is 1.68 bits per heavy atom. The lowest BCUT2D eigenvalue weighted by Crippen LogP contribution is -2.15. The van der Waals surface area contributed by atoms with E-state index < -0.39 is 21.4 Å². The van der Waals surface area contributed by atoms with Gasteiger partial charge in [0.2, 0.25) is 10.0 Å². The quantitative estimate of drug-likeness (QED) is 0.767. The first kappa shape index (κ1) is 19.3. The molecule has 5 nitrogen and oxygen atoms in total. The zero-order valence-electron chi connectivity index (χ0n) is 12.6. The fourth-order valence-electron chi connectivity index (χ4n) is 1.98. The Hall–Kier alpha value is -2.04. The Balaban J connectivity index is 2.15. The molecule has 0 aromatic heterocycles. The monoisotopic (exact) mass is 390 g/mol. The van der Waals surface area contributed by atoms with Gasteiger partial charge in [0, 0.05) is 10.6 Å². The molecule has 0 heterocycles. The summed E-state index contributed by atoms with van der Waals surface area (Å²) in [4.78, 5) is 12.0. The van der Waals surface area contributed by atoms with E-state index >= 15 is 0 Å². The van der Waals surface area contributed by atoms with Crippen molar-refractivity contribution >= 4 is 33.4 Å². The molecule has 0 unspecified atom stereocenters. The van der Waals surface area contributed by atoms with E-state index in [9.17, 15) is 26.4 Å². The number of halogens is 3. The summed E-state index contributed by atoms with van der Waals surface area (Å²) in [7, 11) is -3.68. The van der Waals surface area contributed by atoms with Crippen LogP contribution in [0.25, 0.3) is 0 Å². The fraction of sp³-hybridized carbons (Fsp3) is 0.133. The number of hydrogen-bond donors (Lipinski definition) is 2. The van der Waals surface area contributed by atoms with Crippen LogP contribution in [0.4, 0.5) is 18.9 Å². The van der Waals surface area contributed by atoms with Gasteiger partial charge in [0.05, 0.1) is 11.3 Å². The number of amides is 1. The highest BCUT2D eigenvalue weighted by Gasteiger charge is 2.31. The standard InChI is InChI=1S/C15H13F3N2O3S2/c16-15(17,18)24-13-4-2-1-3-12(13)14(21)20-11-7-5-10(6-8-11)9-25(19,22)23/h1-8H,9H2,(H,20,21)(H2,19,22,23). The van der Waals surface area contributed by atoms with Gasteiger partial charge in [0.15, 0.2) is 0 Å². The second-order valence-corrected chi connectivity index (χ2v) is 7.72. The lowest BCUT2D eigenvalue weighted by Gasteiger charge is -2.11. The Labute approximate surface area is 146 Å². The molecule has 2 rings (SSSR count). The van der Waals surface area contributed by atoms with E-state index in [1.807, 2.05) is 0 Å². The van der Waals surface area contributed by atoms with E-state index in [1.165, 1.54) is 48.5 Å². The van der Waals surface area contributed by atoms with Crippen molar-refractivity contribution in [3.8, 4) is 0 Å². The van der Waals surface area contributed by atoms with Gasteiger partial charge in [0.25, 0.3) is 5.91 Å². The molecule has 3 N–H and O–H groups in total. The first-order valence-electron chi connectivity index (χ1n) is 6.79. The molecule has 0 aliphatic heterocycles. The minimum absolute atomic E-state index is 0.113. The number of thioether (sulfide) groups is 1. The molecule has 0 saturated heterocycles. The number of alkyl halides is 3. The fourth-order valence-corrected chi connectivity index (χ4v) is 3.31. The number of benzene rings is 2. The second kappa shape index (κ2) is 7.46. The minimum Gasteiger partial charge on any atom is -0.322 e. The van der Waals surface area contributed by atoms with Crippen molar-refractivity contribution in [2.45, 2.75) is 16.2 Å². The molecule has 10 heteroatoms. The average Bonchev–Trinajstić information content (AvgIpc) is 2.46. The molecule has 0 radical (unpaired) electrons. The lowest BCUT2D eigenvalue weighted by molar-refractivity contribution is -0.0328. The zero-order chi connectivity index (χ0) is 18.7. The highest BCUT2D eigenvalue weighted by atomic mass is 32.2. The number of nitrogens with one attached hydrogen (secondary N) is 1. The molecule has 2 aromatic rings. The van der Waals surface area contributed by atoms with Crippen molar-refractivity contribution in [1.82, 2.24) is 0 Å². The van der Waals surface area contributed by atoms with Crippen LogP contribution in [-0.4, -0.2) is 19.8 Å². The van der Waals surface area contributed by atoms with E-state index in [0.29, 0.717) is 11.3 Å². The first-order chi connectivity index (χ1) is 11.5. The SMILES string of the molecule is NS(=O)(=O)Cc1ccc(NC(=O)c2ccccc2SC(F)(F)F)cc1. The lowest BCUT2D eigenvalue weighted by atomic mass is 10.2. The molecule has 25 heavy (non-hydrogen) atoms. The van der Waals surface area contributed by atoms with Crippen LogP contribution in [0.3, 0.4) is 0 Å². The molecule has 2 aromatic carbocycles. The van der Waals surface area contributed by atoms with Crippen LogP contribution >= 0.6 is 11.8 Å². The van der Waals surface area contributed by atoms with E-state index in [4.69, 9.17) is 5.14 Å². The number of rotatable bonds is 5. The third-order valence-electron chi connectivity index (χ3n) is 2.94. The van der Waals surface area contributed by atoms with Gasteiger partial charge in [-0.2, -0.15) is 13.2 Å². The van der Waals surface area contributed by atoms with Gasteiger partial charge >= 0.3 is 5.51 Å². The molecule has 0 aliphatic rings. The number of sulfonamides is 1. The summed E-state index contributed by atoms with van der Waals surface area (Å²) in [5.41, 5.74) is -3.88. The van der Waals surface area contributed by atoms with Gasteiger partial charge < -0.3 is 5.32 Å². The van der Waals surface area contributed by atoms with Crippen molar-refractivity contribution in [2.24, 2.45) is 5.14 Å². The van der Waals surface area contributed by atoms with Crippen LogP contribution in [0.5, 0.6) is 0 Å². The summed E-state index contributed by atoms with van der Waals surface area (Å²) < 4.78 is 59.7. The molecule has 134 valence electrons. The van der Waals surface area contributed by atoms with Gasteiger partial charge in [0.1, 0.15) is 0 Å². The number of hydrogen-bond acceptors (Lipinski definition) is 4. The maximum Gasteiger partial charge on any atom is 0.446 e. The van der Waals surface area contributed by atoms with Crippen LogP contribution in [0, 0.1) is 0 Å². The highest BCUT2D eigenvalue weighted by Crippen LogP contribution is 2.38. The molecular weight excluding hydrogens is 377 g/mol. The Bertz CT molecular complexity index is 866. The molecule has 0 atom stereocenters. The van der Waals surface area contributed by atoms with Gasteiger partial charge in [-0.3, -0.25) is 4.79 Å². The van der Waals surface area contributed by atoms with Crippen LogP contribution in [0.2, 0.25) is 0 Å². The maximum absolute atomic E-state index is 12.6. The topological polar surface area (TPSA) is 89.3 Å². The molecule has 1 amide bonds. The summed E-state index contributed by atoms with van der Waals surface area (Å²) in [5.74, 6) is -1.06. The minimum atomic E-state index is -4.51. The van der Waals surface area contributed by atoms with Gasteiger partial charge in [-0.15, -0.1) is 0 Å². The third kappa shape index (κ3) is 6.40. The molecule has 0 fully saturated rings. The van der Waals surface area contributed by atoms with Crippen LogP contribution in [0.15, 0.2) is 53.4 Å². The highest BCUT2D eigenvalue weighted by molar-refractivity contribution is 8.00. The third-order valence-corrected chi connectivity index (χ3v) is 4.48. The zero-order valence-corrected chi connectivity index (χ0v) is 14.2. The smallest absolute Gasteiger partial charge is 0.322 e. The Morgan fingerprint density at radius 1 is 1.08 bits per heavy atom. The maximum atomic E-state index is 12.6. The van der Waals surface area contributed by atoms with Crippen molar-refractivity contribution in [1.29, 1.82) is 0 Å². The molecular formula is C15H13F3N2O3S2. The number of primary sulfonamides is 1. The summed E-state index contributed by atoms with van der Waals surface area (Å²) in [6.45, 7) is 0. The van der Waals surface area contributed by atoms with Gasteiger partial charge in [-0.25, -0.2) is 13.6 Å². The summed E-state index contributed by atoms with van der Waals surface area (Å²) in [6.07, 6.45) is 0. The number of carbonyl (C=O) groups is 1. The molecule has 0 saturated carbocycles. The summed E-state index contributed by atoms with van der Waals surface area (Å²) in [5, 5.41) is 7.41. The average molecular weight is 390 g/mol. The normalized spacial score (nSPS) is 12.0. The number of nitrogens with two attached hydrogens (primary N) is 1. The summed E-state index contributed by atoms with van der Waals surface area (Å²) >= 11 is -0.366. The molecule has 0 bridgehead atoms. The van der Waals surface area contributed by atoms with Crippen molar-refractivity contribution in [3.05, 3.63) is 59.7 Å². The van der Waals surface area contributed by atoms with Crippen molar-refractivity contribution in [3.63, 3.8) is 0 Å². The number of carbonyl (C=O) groups excluding carboxylic acids is 1. The predicted molar refractivity (Wildman–Crippen MR) is 89.6 cm³/mol. The van der Waals surface area contributed by atoms with Gasteiger partial charge in [-0.1, -0.05) is 24.3 Å². The number of anilines is 1. The Morgan fingerprint density at radius 3 is 2.24 bits per heavy atom. The van der Waals surface area contributed by atoms with Crippen LogP contribution < -0.4 is 10.5 Å². The van der Waals surface area contributed by atoms with Crippen molar-refractivity contribution in [2.75, 3.05) is 5.32 Å². The largest absolute Gasteiger partial charge is 0.446 e. The second-order valence-electron chi connectivity index (χ2n) is 5.00. The predicted octanol–water partition coefficient (Wildman–Crippen LogP) is 3.34. The van der Waals surface area contributed by atoms with Crippen LogP contribution in [-0.2, 0) is 15.8 Å². The molecule has 0 aliphatic carbocycles. The molecule has 0 spiro atoms. The van der Waals surface area contributed by atoms with E-state index in [1.54, 1.807) is 0 Å². The van der Waals surface area contributed by atoms with Crippen LogP contribution in [0.1, 0.15) is 15.9 Å². The Kier molecular flexibility index (Phi) is 5.76. The van der Waals surface area contributed by atoms with E-state index in [2.05, 4.69) is 5.32 Å².